The lowest BCUT2D eigenvalue weighted by Gasteiger charge is -2.19. The summed E-state index contributed by atoms with van der Waals surface area (Å²) in [5, 5.41) is 7.62. The number of halogens is 4. The van der Waals surface area contributed by atoms with E-state index in [0.29, 0.717) is 0 Å². The minimum absolute atomic E-state index is 0.112. The lowest BCUT2D eigenvalue weighted by atomic mass is 10.2. The van der Waals surface area contributed by atoms with Crippen LogP contribution in [0.15, 0.2) is 18.2 Å². The van der Waals surface area contributed by atoms with E-state index in [-0.39, 0.29) is 23.9 Å². The van der Waals surface area contributed by atoms with Crippen molar-refractivity contribution >= 4 is 40.7 Å². The van der Waals surface area contributed by atoms with E-state index >= 15 is 0 Å². The molecule has 0 saturated carbocycles. The molecule has 0 aliphatic rings. The van der Waals surface area contributed by atoms with Gasteiger partial charge in [-0.2, -0.15) is 13.2 Å². The van der Waals surface area contributed by atoms with Gasteiger partial charge in [-0.15, -0.1) is 0 Å². The number of rotatable bonds is 4. The number of hydrogen-bond donors (Lipinski definition) is 3. The summed E-state index contributed by atoms with van der Waals surface area (Å²) in [6, 6.07) is 3.39. The average Bonchev–Trinajstić information content (AvgIpc) is 2.42. The first kappa shape index (κ1) is 21.3. The van der Waals surface area contributed by atoms with Crippen molar-refractivity contribution in [1.82, 2.24) is 10.6 Å². The number of anilines is 1. The van der Waals surface area contributed by atoms with Crippen LogP contribution in [0.2, 0.25) is 5.02 Å². The Balaban J connectivity index is 2.44. The van der Waals surface area contributed by atoms with Crippen LogP contribution in [0.5, 0.6) is 0 Å². The summed E-state index contributed by atoms with van der Waals surface area (Å²) >= 11 is 10.5. The monoisotopic (exact) mass is 397 g/mol. The first-order chi connectivity index (χ1) is 11.4. The Labute approximate surface area is 154 Å². The van der Waals surface area contributed by atoms with Crippen molar-refractivity contribution in [1.29, 1.82) is 0 Å². The molecule has 0 aliphatic heterocycles. The fraction of sp³-hybridized carbons (Fsp3) is 0.467. The van der Waals surface area contributed by atoms with Crippen LogP contribution in [-0.4, -0.2) is 29.9 Å². The highest BCUT2D eigenvalue weighted by molar-refractivity contribution is 7.80. The number of benzene rings is 1. The second kappa shape index (κ2) is 8.57. The third-order valence-electron chi connectivity index (χ3n) is 2.61. The fourth-order valence-corrected chi connectivity index (χ4v) is 2.09. The number of alkyl halides is 3. The molecule has 0 heterocycles. The Morgan fingerprint density at radius 1 is 1.20 bits per heavy atom. The zero-order chi connectivity index (χ0) is 19.3. The Hall–Kier alpha value is -1.74. The van der Waals surface area contributed by atoms with E-state index in [1.807, 2.05) is 0 Å². The zero-order valence-electron chi connectivity index (χ0n) is 13.9. The van der Waals surface area contributed by atoms with E-state index in [1.165, 1.54) is 6.07 Å². The molecule has 0 fully saturated rings. The van der Waals surface area contributed by atoms with Crippen LogP contribution in [0.25, 0.3) is 0 Å². The molecule has 0 spiro atoms. The molecule has 0 atom stereocenters. The van der Waals surface area contributed by atoms with Crippen molar-refractivity contribution in [3.05, 3.63) is 28.8 Å². The maximum absolute atomic E-state index is 12.8. The van der Waals surface area contributed by atoms with E-state index in [2.05, 4.69) is 16.0 Å². The van der Waals surface area contributed by atoms with Gasteiger partial charge < -0.3 is 20.7 Å². The van der Waals surface area contributed by atoms with E-state index in [0.717, 1.165) is 12.1 Å². The number of carbonyl (C=O) groups is 1. The average molecular weight is 398 g/mol. The number of amides is 1. The summed E-state index contributed by atoms with van der Waals surface area (Å²) < 4.78 is 43.4. The predicted molar refractivity (Wildman–Crippen MR) is 94.9 cm³/mol. The van der Waals surface area contributed by atoms with Crippen LogP contribution in [0, 0.1) is 0 Å². The summed E-state index contributed by atoms with van der Waals surface area (Å²) in [6.45, 7) is 5.72. The third-order valence-corrected chi connectivity index (χ3v) is 3.18. The van der Waals surface area contributed by atoms with Gasteiger partial charge in [-0.05, 0) is 51.2 Å². The van der Waals surface area contributed by atoms with Crippen molar-refractivity contribution in [2.45, 2.75) is 32.5 Å². The van der Waals surface area contributed by atoms with Crippen LogP contribution in [-0.2, 0) is 10.9 Å². The Morgan fingerprint density at radius 3 is 2.36 bits per heavy atom. The smallest absolute Gasteiger partial charge is 0.417 e. The van der Waals surface area contributed by atoms with Gasteiger partial charge in [0.25, 0.3) is 0 Å². The van der Waals surface area contributed by atoms with Crippen LogP contribution in [0.3, 0.4) is 0 Å². The molecule has 3 N–H and O–H groups in total. The van der Waals surface area contributed by atoms with Gasteiger partial charge >= 0.3 is 12.3 Å². The van der Waals surface area contributed by atoms with Crippen molar-refractivity contribution < 1.29 is 22.7 Å². The summed E-state index contributed by atoms with van der Waals surface area (Å²) in [4.78, 5) is 11.4. The number of alkyl carbamates (subject to hydrolysis) is 1. The first-order valence-electron chi connectivity index (χ1n) is 7.27. The topological polar surface area (TPSA) is 62.4 Å². The number of thiocarbonyl (C=S) groups is 1. The molecular formula is C15H19ClF3N3O2S. The molecule has 1 aromatic carbocycles. The fourth-order valence-electron chi connectivity index (χ4n) is 1.65. The van der Waals surface area contributed by atoms with Crippen molar-refractivity contribution in [2.24, 2.45) is 0 Å². The summed E-state index contributed by atoms with van der Waals surface area (Å²) in [6.07, 6.45) is -5.12. The van der Waals surface area contributed by atoms with Gasteiger partial charge in [0.05, 0.1) is 10.6 Å². The van der Waals surface area contributed by atoms with Gasteiger partial charge in [0, 0.05) is 18.8 Å². The molecule has 0 aliphatic carbocycles. The quantitative estimate of drug-likeness (QED) is 0.525. The molecule has 0 bridgehead atoms. The molecule has 140 valence electrons. The standard InChI is InChI=1S/C15H19ClF3N3O2S/c1-14(2,3)24-13(23)21-7-6-20-12(25)22-9-4-5-11(16)10(8-9)15(17,18)19/h4-5,8H,6-7H2,1-3H3,(H,21,23)(H2,20,22,25). The zero-order valence-corrected chi connectivity index (χ0v) is 15.5. The molecular weight excluding hydrogens is 379 g/mol. The Bertz CT molecular complexity index is 633. The van der Waals surface area contributed by atoms with Crippen LogP contribution in [0.1, 0.15) is 26.3 Å². The number of nitrogens with one attached hydrogen (secondary N) is 3. The van der Waals surface area contributed by atoms with E-state index < -0.39 is 28.5 Å². The van der Waals surface area contributed by atoms with Crippen molar-refractivity contribution in [3.8, 4) is 0 Å². The molecule has 25 heavy (non-hydrogen) atoms. The molecule has 5 nitrogen and oxygen atoms in total. The molecule has 1 rings (SSSR count). The Morgan fingerprint density at radius 2 is 1.80 bits per heavy atom. The normalized spacial score (nSPS) is 11.6. The summed E-state index contributed by atoms with van der Waals surface area (Å²) in [5.41, 5.74) is -1.40. The lowest BCUT2D eigenvalue weighted by Crippen LogP contribution is -2.39. The van der Waals surface area contributed by atoms with Crippen LogP contribution in [0.4, 0.5) is 23.7 Å². The van der Waals surface area contributed by atoms with Gasteiger partial charge in [-0.25, -0.2) is 4.79 Å². The maximum atomic E-state index is 12.8. The molecule has 0 unspecified atom stereocenters. The predicted octanol–water partition coefficient (Wildman–Crippen LogP) is 4.17. The molecule has 0 saturated heterocycles. The lowest BCUT2D eigenvalue weighted by molar-refractivity contribution is -0.137. The largest absolute Gasteiger partial charge is 0.444 e. The minimum Gasteiger partial charge on any atom is -0.444 e. The minimum atomic E-state index is -4.55. The molecule has 10 heteroatoms. The molecule has 0 aromatic heterocycles. The van der Waals surface area contributed by atoms with Crippen molar-refractivity contribution in [3.63, 3.8) is 0 Å². The second-order valence-corrected chi connectivity index (χ2v) is 6.82. The highest BCUT2D eigenvalue weighted by Crippen LogP contribution is 2.36. The Kier molecular flexibility index (Phi) is 7.30. The number of hydrogen-bond acceptors (Lipinski definition) is 3. The highest BCUT2D eigenvalue weighted by Gasteiger charge is 2.33. The third kappa shape index (κ3) is 8.26. The van der Waals surface area contributed by atoms with Crippen LogP contribution >= 0.6 is 23.8 Å². The summed E-state index contributed by atoms with van der Waals surface area (Å²) in [7, 11) is 0. The second-order valence-electron chi connectivity index (χ2n) is 6.00. The van der Waals surface area contributed by atoms with Gasteiger partial charge in [-0.1, -0.05) is 11.6 Å². The van der Waals surface area contributed by atoms with Crippen molar-refractivity contribution in [2.75, 3.05) is 18.4 Å². The van der Waals surface area contributed by atoms with Gasteiger partial charge in [0.15, 0.2) is 5.11 Å². The van der Waals surface area contributed by atoms with Crippen LogP contribution < -0.4 is 16.0 Å². The number of carbonyl (C=O) groups excluding carboxylic acids is 1. The molecule has 1 amide bonds. The maximum Gasteiger partial charge on any atom is 0.417 e. The van der Waals surface area contributed by atoms with E-state index in [1.54, 1.807) is 20.8 Å². The van der Waals surface area contributed by atoms with E-state index in [9.17, 15) is 18.0 Å². The highest BCUT2D eigenvalue weighted by atomic mass is 35.5. The molecule has 0 radical (unpaired) electrons. The molecule has 1 aromatic rings. The first-order valence-corrected chi connectivity index (χ1v) is 8.05. The van der Waals surface area contributed by atoms with Gasteiger partial charge in [-0.3, -0.25) is 0 Å². The number of ether oxygens (including phenoxy) is 1. The van der Waals surface area contributed by atoms with Gasteiger partial charge in [0.2, 0.25) is 0 Å². The SMILES string of the molecule is CC(C)(C)OC(=O)NCCNC(=S)Nc1ccc(Cl)c(C(F)(F)F)c1. The summed E-state index contributed by atoms with van der Waals surface area (Å²) in [5.74, 6) is 0. The van der Waals surface area contributed by atoms with E-state index in [4.69, 9.17) is 28.6 Å². The van der Waals surface area contributed by atoms with Gasteiger partial charge in [0.1, 0.15) is 5.60 Å².